The lowest BCUT2D eigenvalue weighted by Crippen LogP contribution is -2.31. The van der Waals surface area contributed by atoms with Crippen molar-refractivity contribution in [2.45, 2.75) is 32.0 Å². The van der Waals surface area contributed by atoms with E-state index in [9.17, 15) is 4.79 Å². The average Bonchev–Trinajstić information content (AvgIpc) is 3.13. The molecule has 3 aromatic rings. The largest absolute Gasteiger partial charge is 0.383 e. The Balaban J connectivity index is 1.57. The standard InChI is InChI=1S/C20H23ClN4O3/c1-27-11-9-24-8-7-14-12-15(5-6-17(14)24)23-16-13-22-25(20(26)19(16)21)18-4-2-3-10-28-18/h5-8,12-13,18,23H,2-4,9-11H2,1H3. The number of aromatic nitrogens is 3. The summed E-state index contributed by atoms with van der Waals surface area (Å²) < 4.78 is 14.3. The van der Waals surface area contributed by atoms with Gasteiger partial charge in [0.2, 0.25) is 0 Å². The Morgan fingerprint density at radius 2 is 2.25 bits per heavy atom. The SMILES string of the molecule is COCCn1ccc2cc(Nc3cnn(C4CCCCO4)c(=O)c3Cl)ccc21. The van der Waals surface area contributed by atoms with Crippen LogP contribution in [0.25, 0.3) is 10.9 Å². The van der Waals surface area contributed by atoms with Crippen molar-refractivity contribution in [3.05, 3.63) is 52.0 Å². The number of methoxy groups -OCH3 is 1. The van der Waals surface area contributed by atoms with Crippen LogP contribution in [0, 0.1) is 0 Å². The molecule has 8 heteroatoms. The minimum absolute atomic E-state index is 0.113. The predicted molar refractivity (Wildman–Crippen MR) is 109 cm³/mol. The van der Waals surface area contributed by atoms with Crippen molar-refractivity contribution in [2.75, 3.05) is 25.6 Å². The molecule has 0 aliphatic carbocycles. The molecule has 0 saturated carbocycles. The van der Waals surface area contributed by atoms with Gasteiger partial charge in [0.25, 0.3) is 5.56 Å². The van der Waals surface area contributed by atoms with Gasteiger partial charge in [0.1, 0.15) is 5.02 Å². The summed E-state index contributed by atoms with van der Waals surface area (Å²) in [7, 11) is 1.69. The lowest BCUT2D eigenvalue weighted by atomic mass is 10.2. The summed E-state index contributed by atoms with van der Waals surface area (Å²) in [5, 5.41) is 8.68. The fourth-order valence-corrected chi connectivity index (χ4v) is 3.65. The first kappa shape index (κ1) is 19.0. The second-order valence-electron chi connectivity index (χ2n) is 6.84. The molecule has 1 atom stereocenters. The molecule has 0 spiro atoms. The maximum Gasteiger partial charge on any atom is 0.290 e. The Hall–Kier alpha value is -2.35. The summed E-state index contributed by atoms with van der Waals surface area (Å²) in [5.74, 6) is 0. The van der Waals surface area contributed by atoms with Gasteiger partial charge in [-0.15, -0.1) is 0 Å². The smallest absolute Gasteiger partial charge is 0.290 e. The minimum atomic E-state index is -0.342. The number of benzene rings is 1. The molecule has 1 saturated heterocycles. The molecule has 0 amide bonds. The van der Waals surface area contributed by atoms with Crippen molar-refractivity contribution in [1.82, 2.24) is 14.3 Å². The van der Waals surface area contributed by atoms with Gasteiger partial charge in [-0.05, 0) is 43.5 Å². The molecule has 3 heterocycles. The summed E-state index contributed by atoms with van der Waals surface area (Å²) in [6, 6.07) is 8.06. The van der Waals surface area contributed by atoms with Gasteiger partial charge in [-0.1, -0.05) is 11.6 Å². The summed E-state index contributed by atoms with van der Waals surface area (Å²) in [5.41, 5.74) is 2.10. The van der Waals surface area contributed by atoms with Crippen molar-refractivity contribution >= 4 is 33.9 Å². The third-order valence-corrected chi connectivity index (χ3v) is 5.32. The van der Waals surface area contributed by atoms with Gasteiger partial charge < -0.3 is 19.4 Å². The van der Waals surface area contributed by atoms with E-state index in [0.717, 1.165) is 42.4 Å². The normalized spacial score (nSPS) is 17.1. The second-order valence-corrected chi connectivity index (χ2v) is 7.22. The highest BCUT2D eigenvalue weighted by Crippen LogP contribution is 2.27. The van der Waals surface area contributed by atoms with E-state index in [1.807, 2.05) is 24.4 Å². The van der Waals surface area contributed by atoms with Crippen LogP contribution in [-0.2, 0) is 16.0 Å². The second kappa shape index (κ2) is 8.34. The highest BCUT2D eigenvalue weighted by Gasteiger charge is 2.20. The Kier molecular flexibility index (Phi) is 5.66. The maximum atomic E-state index is 12.6. The first-order valence-corrected chi connectivity index (χ1v) is 9.79. The van der Waals surface area contributed by atoms with E-state index in [0.29, 0.717) is 18.9 Å². The van der Waals surface area contributed by atoms with E-state index in [1.165, 1.54) is 4.68 Å². The third kappa shape index (κ3) is 3.78. The monoisotopic (exact) mass is 402 g/mol. The molecular weight excluding hydrogens is 380 g/mol. The van der Waals surface area contributed by atoms with Gasteiger partial charge in [0.05, 0.1) is 18.5 Å². The number of fused-ring (bicyclic) bond motifs is 1. The van der Waals surface area contributed by atoms with Gasteiger partial charge >= 0.3 is 0 Å². The first-order valence-electron chi connectivity index (χ1n) is 9.41. The van der Waals surface area contributed by atoms with Crippen molar-refractivity contribution in [2.24, 2.45) is 0 Å². The summed E-state index contributed by atoms with van der Waals surface area (Å²) in [6.07, 6.45) is 6.07. The fraction of sp³-hybridized carbons (Fsp3) is 0.400. The number of hydrogen-bond donors (Lipinski definition) is 1. The molecule has 1 aromatic carbocycles. The van der Waals surface area contributed by atoms with Crippen molar-refractivity contribution in [3.8, 4) is 0 Å². The van der Waals surface area contributed by atoms with Crippen LogP contribution in [0.3, 0.4) is 0 Å². The Morgan fingerprint density at radius 3 is 3.04 bits per heavy atom. The quantitative estimate of drug-likeness (QED) is 0.676. The van der Waals surface area contributed by atoms with Crippen molar-refractivity contribution < 1.29 is 9.47 Å². The molecule has 2 aromatic heterocycles. The lowest BCUT2D eigenvalue weighted by molar-refractivity contribution is -0.0424. The maximum absolute atomic E-state index is 12.6. The zero-order valence-corrected chi connectivity index (χ0v) is 16.5. The number of nitrogens with one attached hydrogen (secondary N) is 1. The number of hydrogen-bond acceptors (Lipinski definition) is 5. The fourth-order valence-electron chi connectivity index (χ4n) is 3.47. The van der Waals surface area contributed by atoms with Crippen molar-refractivity contribution in [3.63, 3.8) is 0 Å². The summed E-state index contributed by atoms with van der Waals surface area (Å²) in [6.45, 7) is 2.09. The average molecular weight is 403 g/mol. The van der Waals surface area contributed by atoms with Crippen LogP contribution in [-0.4, -0.2) is 34.7 Å². The molecule has 1 fully saturated rings. The zero-order valence-electron chi connectivity index (χ0n) is 15.7. The molecule has 1 unspecified atom stereocenters. The number of nitrogens with zero attached hydrogens (tertiary/aromatic N) is 3. The van der Waals surface area contributed by atoms with Crippen LogP contribution in [0.4, 0.5) is 11.4 Å². The molecular formula is C20H23ClN4O3. The molecule has 1 aliphatic rings. The molecule has 0 radical (unpaired) electrons. The number of ether oxygens (including phenoxy) is 2. The third-order valence-electron chi connectivity index (χ3n) is 4.96. The topological polar surface area (TPSA) is 70.3 Å². The van der Waals surface area contributed by atoms with Crippen LogP contribution < -0.4 is 10.9 Å². The lowest BCUT2D eigenvalue weighted by Gasteiger charge is -2.23. The van der Waals surface area contributed by atoms with Crippen molar-refractivity contribution in [1.29, 1.82) is 0 Å². The molecule has 148 valence electrons. The summed E-state index contributed by atoms with van der Waals surface area (Å²) >= 11 is 6.34. The van der Waals surface area contributed by atoms with Gasteiger partial charge in [-0.3, -0.25) is 4.79 Å². The van der Waals surface area contributed by atoms with E-state index in [4.69, 9.17) is 21.1 Å². The minimum Gasteiger partial charge on any atom is -0.383 e. The van der Waals surface area contributed by atoms with Gasteiger partial charge in [-0.25, -0.2) is 0 Å². The number of halogens is 1. The first-order chi connectivity index (χ1) is 13.7. The van der Waals surface area contributed by atoms with Crippen LogP contribution in [0.1, 0.15) is 25.5 Å². The van der Waals surface area contributed by atoms with E-state index in [-0.39, 0.29) is 16.8 Å². The molecule has 1 aliphatic heterocycles. The molecule has 0 bridgehead atoms. The Labute approximate surface area is 167 Å². The van der Waals surface area contributed by atoms with Crippen LogP contribution >= 0.6 is 11.6 Å². The van der Waals surface area contributed by atoms with Crippen LogP contribution in [0.5, 0.6) is 0 Å². The molecule has 1 N–H and O–H groups in total. The van der Waals surface area contributed by atoms with E-state index in [1.54, 1.807) is 13.3 Å². The highest BCUT2D eigenvalue weighted by atomic mass is 35.5. The Morgan fingerprint density at radius 1 is 1.36 bits per heavy atom. The zero-order chi connectivity index (χ0) is 19.5. The number of rotatable bonds is 6. The van der Waals surface area contributed by atoms with Crippen LogP contribution in [0.2, 0.25) is 5.02 Å². The molecule has 28 heavy (non-hydrogen) atoms. The van der Waals surface area contributed by atoms with E-state index in [2.05, 4.69) is 21.0 Å². The molecule has 7 nitrogen and oxygen atoms in total. The Bertz CT molecular complexity index is 1020. The molecule has 4 rings (SSSR count). The highest BCUT2D eigenvalue weighted by molar-refractivity contribution is 6.33. The van der Waals surface area contributed by atoms with Gasteiger partial charge in [-0.2, -0.15) is 9.78 Å². The van der Waals surface area contributed by atoms with E-state index < -0.39 is 0 Å². The number of anilines is 2. The predicted octanol–water partition coefficient (Wildman–Crippen LogP) is 3.94. The van der Waals surface area contributed by atoms with Gasteiger partial charge in [0, 0.05) is 43.0 Å². The summed E-state index contributed by atoms with van der Waals surface area (Å²) in [4.78, 5) is 12.6. The van der Waals surface area contributed by atoms with Crippen LogP contribution in [0.15, 0.2) is 41.5 Å². The van der Waals surface area contributed by atoms with Gasteiger partial charge in [0.15, 0.2) is 6.23 Å². The van der Waals surface area contributed by atoms with E-state index >= 15 is 0 Å².